The second kappa shape index (κ2) is 11.3. The normalized spacial score (nSPS) is 10.5. The van der Waals surface area contributed by atoms with Crippen molar-refractivity contribution in [1.82, 2.24) is 25.6 Å². The number of aromatic amines is 1. The third-order valence-electron chi connectivity index (χ3n) is 5.27. The molecule has 0 atom stereocenters. The molecule has 9 heteroatoms. The summed E-state index contributed by atoms with van der Waals surface area (Å²) < 4.78 is 7.88. The van der Waals surface area contributed by atoms with Gasteiger partial charge in [-0.25, -0.2) is 0 Å². The van der Waals surface area contributed by atoms with E-state index in [-0.39, 0.29) is 18.9 Å². The van der Waals surface area contributed by atoms with Gasteiger partial charge in [-0.1, -0.05) is 72.3 Å². The molecule has 0 aliphatic rings. The topological polar surface area (TPSA) is 101 Å². The van der Waals surface area contributed by atoms with E-state index in [2.05, 4.69) is 21.0 Å². The fourth-order valence-electron chi connectivity index (χ4n) is 3.57. The summed E-state index contributed by atoms with van der Waals surface area (Å²) in [6, 6.07) is 25.1. The van der Waals surface area contributed by atoms with Gasteiger partial charge < -0.3 is 4.74 Å². The maximum absolute atomic E-state index is 12.3. The van der Waals surface area contributed by atoms with E-state index < -0.39 is 5.91 Å². The molecule has 3 N–H and O–H groups in total. The molecule has 3 aromatic carbocycles. The maximum atomic E-state index is 12.3. The predicted molar refractivity (Wildman–Crippen MR) is 136 cm³/mol. The first-order valence-corrected chi connectivity index (χ1v) is 11.5. The van der Waals surface area contributed by atoms with Gasteiger partial charge in [0, 0.05) is 24.1 Å². The van der Waals surface area contributed by atoms with Crippen LogP contribution in [0.5, 0.6) is 5.75 Å². The highest BCUT2D eigenvalue weighted by Crippen LogP contribution is 2.29. The highest BCUT2D eigenvalue weighted by atomic mass is 32.1. The van der Waals surface area contributed by atoms with Crippen LogP contribution in [-0.2, 0) is 16.1 Å². The van der Waals surface area contributed by atoms with Crippen molar-refractivity contribution in [2.45, 2.75) is 19.9 Å². The molecule has 1 heterocycles. The van der Waals surface area contributed by atoms with Crippen LogP contribution in [0.1, 0.15) is 12.0 Å². The minimum absolute atomic E-state index is 0.102. The number of para-hydroxylation sites is 1. The van der Waals surface area contributed by atoms with E-state index in [1.54, 1.807) is 10.6 Å². The third kappa shape index (κ3) is 6.21. The first-order valence-electron chi connectivity index (χ1n) is 11.1. The molecule has 2 amide bonds. The van der Waals surface area contributed by atoms with Gasteiger partial charge in [0.2, 0.25) is 5.91 Å². The molecule has 0 unspecified atom stereocenters. The number of nitrogens with one attached hydrogen (secondary N) is 3. The number of carbonyl (C=O) groups is 2. The van der Waals surface area contributed by atoms with Crippen LogP contribution in [0.3, 0.4) is 0 Å². The number of benzene rings is 3. The van der Waals surface area contributed by atoms with E-state index in [0.717, 1.165) is 22.3 Å². The van der Waals surface area contributed by atoms with Crippen LogP contribution in [-0.4, -0.2) is 33.2 Å². The Kier molecular flexibility index (Phi) is 7.69. The second-order valence-electron chi connectivity index (χ2n) is 7.87. The molecular formula is C26H25N5O3S. The first kappa shape index (κ1) is 23.9. The average Bonchev–Trinajstić information content (AvgIpc) is 3.25. The summed E-state index contributed by atoms with van der Waals surface area (Å²) in [4.78, 5) is 24.6. The van der Waals surface area contributed by atoms with Gasteiger partial charge in [-0.05, 0) is 36.8 Å². The monoisotopic (exact) mass is 487 g/mol. The fraction of sp³-hybridized carbons (Fsp3) is 0.154. The minimum Gasteiger partial charge on any atom is -0.483 e. The summed E-state index contributed by atoms with van der Waals surface area (Å²) in [5.41, 5.74) is 8.67. The maximum Gasteiger partial charge on any atom is 0.276 e. The van der Waals surface area contributed by atoms with E-state index in [1.807, 2.05) is 79.7 Å². The highest BCUT2D eigenvalue weighted by Gasteiger charge is 2.12. The summed E-state index contributed by atoms with van der Waals surface area (Å²) >= 11 is 5.32. The van der Waals surface area contributed by atoms with Crippen molar-refractivity contribution in [2.24, 2.45) is 0 Å². The van der Waals surface area contributed by atoms with E-state index >= 15 is 0 Å². The zero-order valence-electron chi connectivity index (χ0n) is 19.2. The number of aryl methyl sites for hydroxylation is 1. The number of rotatable bonds is 8. The van der Waals surface area contributed by atoms with Gasteiger partial charge in [0.25, 0.3) is 5.91 Å². The number of amides is 2. The van der Waals surface area contributed by atoms with Crippen LogP contribution in [0.4, 0.5) is 0 Å². The number of nitrogens with zero attached hydrogens (tertiary/aromatic N) is 2. The Morgan fingerprint density at radius 2 is 1.66 bits per heavy atom. The Morgan fingerprint density at radius 1 is 0.943 bits per heavy atom. The molecule has 178 valence electrons. The number of hydrogen-bond acceptors (Lipinski definition) is 5. The van der Waals surface area contributed by atoms with Crippen molar-refractivity contribution >= 4 is 24.0 Å². The molecular weight excluding hydrogens is 462 g/mol. The Balaban J connectivity index is 1.28. The third-order valence-corrected chi connectivity index (χ3v) is 5.58. The largest absolute Gasteiger partial charge is 0.483 e. The van der Waals surface area contributed by atoms with Gasteiger partial charge in [0.15, 0.2) is 17.2 Å². The molecule has 0 aliphatic heterocycles. The van der Waals surface area contributed by atoms with Crippen LogP contribution >= 0.6 is 12.2 Å². The van der Waals surface area contributed by atoms with Crippen LogP contribution < -0.4 is 15.6 Å². The summed E-state index contributed by atoms with van der Waals surface area (Å²) in [7, 11) is 0. The van der Waals surface area contributed by atoms with Crippen molar-refractivity contribution in [2.75, 3.05) is 6.61 Å². The zero-order valence-corrected chi connectivity index (χ0v) is 20.0. The van der Waals surface area contributed by atoms with E-state index in [0.29, 0.717) is 22.9 Å². The Bertz CT molecular complexity index is 1380. The van der Waals surface area contributed by atoms with Crippen LogP contribution in [0.25, 0.3) is 22.5 Å². The SMILES string of the molecule is Cc1cccc(-c2n[nH]c(=S)n2CCC(=O)NNC(=O)COc2ccccc2-c2ccccc2)c1. The lowest BCUT2D eigenvalue weighted by Crippen LogP contribution is -2.44. The van der Waals surface area contributed by atoms with E-state index in [1.165, 1.54) is 0 Å². The molecule has 4 rings (SSSR count). The lowest BCUT2D eigenvalue weighted by molar-refractivity contribution is -0.130. The number of H-pyrrole nitrogens is 1. The Hall–Kier alpha value is -4.24. The van der Waals surface area contributed by atoms with Crippen LogP contribution in [0.2, 0.25) is 0 Å². The molecule has 1 aromatic heterocycles. The standard InChI is InChI=1S/C26H25N5O3S/c1-18-8-7-11-20(16-18)25-29-30-26(35)31(25)15-14-23(32)27-28-24(33)17-34-22-13-6-5-12-21(22)19-9-3-2-4-10-19/h2-13,16H,14-15,17H2,1H3,(H,27,32)(H,28,33)(H,30,35). The molecule has 0 bridgehead atoms. The van der Waals surface area contributed by atoms with Gasteiger partial charge in [0.1, 0.15) is 5.75 Å². The smallest absolute Gasteiger partial charge is 0.276 e. The lowest BCUT2D eigenvalue weighted by atomic mass is 10.1. The quantitative estimate of drug-likeness (QED) is 0.255. The summed E-state index contributed by atoms with van der Waals surface area (Å²) in [6.07, 6.45) is 0.102. The number of ether oxygens (including phenoxy) is 1. The highest BCUT2D eigenvalue weighted by molar-refractivity contribution is 7.71. The molecule has 0 fully saturated rings. The zero-order chi connectivity index (χ0) is 24.6. The second-order valence-corrected chi connectivity index (χ2v) is 8.26. The van der Waals surface area contributed by atoms with Crippen molar-refractivity contribution in [3.8, 4) is 28.3 Å². The molecule has 4 aromatic rings. The summed E-state index contributed by atoms with van der Waals surface area (Å²) in [5, 5.41) is 7.06. The van der Waals surface area contributed by atoms with E-state index in [4.69, 9.17) is 17.0 Å². The summed E-state index contributed by atoms with van der Waals surface area (Å²) in [6.45, 7) is 2.06. The molecule has 0 spiro atoms. The Labute approximate surface area is 207 Å². The lowest BCUT2D eigenvalue weighted by Gasteiger charge is -2.12. The van der Waals surface area contributed by atoms with E-state index in [9.17, 15) is 9.59 Å². The number of hydrazine groups is 1. The number of carbonyl (C=O) groups excluding carboxylic acids is 2. The van der Waals surface area contributed by atoms with Gasteiger partial charge in [-0.2, -0.15) is 5.10 Å². The van der Waals surface area contributed by atoms with Gasteiger partial charge >= 0.3 is 0 Å². The van der Waals surface area contributed by atoms with Crippen LogP contribution in [0.15, 0.2) is 78.9 Å². The van der Waals surface area contributed by atoms with Gasteiger partial charge in [-0.3, -0.25) is 30.1 Å². The van der Waals surface area contributed by atoms with Crippen molar-refractivity contribution in [3.63, 3.8) is 0 Å². The molecule has 0 saturated heterocycles. The van der Waals surface area contributed by atoms with Crippen molar-refractivity contribution < 1.29 is 14.3 Å². The average molecular weight is 488 g/mol. The van der Waals surface area contributed by atoms with Gasteiger partial charge in [-0.15, -0.1) is 0 Å². The minimum atomic E-state index is -0.471. The van der Waals surface area contributed by atoms with Crippen molar-refractivity contribution in [3.05, 3.63) is 89.2 Å². The molecule has 8 nitrogen and oxygen atoms in total. The van der Waals surface area contributed by atoms with Gasteiger partial charge in [0.05, 0.1) is 0 Å². The number of aromatic nitrogens is 3. The summed E-state index contributed by atoms with van der Waals surface area (Å²) in [5.74, 6) is 0.405. The van der Waals surface area contributed by atoms with Crippen molar-refractivity contribution in [1.29, 1.82) is 0 Å². The first-order chi connectivity index (χ1) is 17.0. The number of hydrogen-bond donors (Lipinski definition) is 3. The molecule has 0 aliphatic carbocycles. The predicted octanol–water partition coefficient (Wildman–Crippen LogP) is 4.20. The molecule has 0 radical (unpaired) electrons. The van der Waals surface area contributed by atoms with Crippen LogP contribution in [0, 0.1) is 11.7 Å². The Morgan fingerprint density at radius 3 is 2.46 bits per heavy atom. The molecule has 35 heavy (non-hydrogen) atoms. The molecule has 0 saturated carbocycles. The fourth-order valence-corrected chi connectivity index (χ4v) is 3.80.